The fraction of sp³-hybridized carbons (Fsp3) is 0.357. The number of hydrogen-bond acceptors (Lipinski definition) is 5. The van der Waals surface area contributed by atoms with Gasteiger partial charge in [-0.1, -0.05) is 42.4 Å². The third kappa shape index (κ3) is 3.92. The highest BCUT2D eigenvalue weighted by molar-refractivity contribution is 8.00. The molecule has 1 aromatic heterocycles. The molecular formula is C14H17ClN4O2S. The maximum absolute atomic E-state index is 11.3. The van der Waals surface area contributed by atoms with Crippen molar-refractivity contribution in [2.75, 3.05) is 0 Å². The number of amides is 1. The summed E-state index contributed by atoms with van der Waals surface area (Å²) in [6.07, 6.45) is 0.637. The molecule has 0 bridgehead atoms. The summed E-state index contributed by atoms with van der Waals surface area (Å²) in [4.78, 5) is 11.3. The Kier molecular flexibility index (Phi) is 5.68. The number of thioether (sulfide) groups is 1. The van der Waals surface area contributed by atoms with Crippen LogP contribution < -0.4 is 10.5 Å². The van der Waals surface area contributed by atoms with E-state index in [2.05, 4.69) is 10.2 Å². The maximum Gasteiger partial charge on any atom is 0.231 e. The summed E-state index contributed by atoms with van der Waals surface area (Å²) >= 11 is 7.34. The number of primary amides is 1. The number of rotatable bonds is 7. The second kappa shape index (κ2) is 7.51. The molecule has 118 valence electrons. The zero-order valence-electron chi connectivity index (χ0n) is 12.3. The summed E-state index contributed by atoms with van der Waals surface area (Å²) in [5.74, 6) is 0.871. The van der Waals surface area contributed by atoms with E-state index in [1.54, 1.807) is 16.7 Å². The van der Waals surface area contributed by atoms with Gasteiger partial charge in [0.15, 0.2) is 11.0 Å². The number of carbonyl (C=O) groups is 1. The lowest BCUT2D eigenvalue weighted by Crippen LogP contribution is -2.25. The lowest BCUT2D eigenvalue weighted by Gasteiger charge is -2.10. The van der Waals surface area contributed by atoms with Crippen molar-refractivity contribution in [2.24, 2.45) is 12.8 Å². The third-order valence-corrected chi connectivity index (χ3v) is 4.78. The fourth-order valence-electron chi connectivity index (χ4n) is 1.75. The van der Waals surface area contributed by atoms with Gasteiger partial charge in [-0.25, -0.2) is 0 Å². The molecule has 0 fully saturated rings. The van der Waals surface area contributed by atoms with Gasteiger partial charge in [-0.2, -0.15) is 0 Å². The number of para-hydroxylation sites is 1. The zero-order valence-corrected chi connectivity index (χ0v) is 13.9. The molecule has 0 aliphatic rings. The average Bonchev–Trinajstić information content (AvgIpc) is 2.84. The van der Waals surface area contributed by atoms with E-state index in [4.69, 9.17) is 22.1 Å². The quantitative estimate of drug-likeness (QED) is 0.782. The standard InChI is InChI=1S/C14H17ClN4O2S/c1-3-11(13(16)20)22-14-18-17-12(19(14)2)8-21-10-7-5-4-6-9(10)15/h4-7,11H,3,8H2,1-2H3,(H2,16,20)/t11-/m1/s1. The molecule has 0 radical (unpaired) electrons. The van der Waals surface area contributed by atoms with Crippen molar-refractivity contribution < 1.29 is 9.53 Å². The molecule has 6 nitrogen and oxygen atoms in total. The first kappa shape index (κ1) is 16.6. The molecule has 0 saturated carbocycles. The van der Waals surface area contributed by atoms with Crippen molar-refractivity contribution in [1.82, 2.24) is 14.8 Å². The van der Waals surface area contributed by atoms with Gasteiger partial charge in [0.2, 0.25) is 5.91 Å². The molecule has 1 heterocycles. The first-order chi connectivity index (χ1) is 10.5. The van der Waals surface area contributed by atoms with Gasteiger partial charge < -0.3 is 15.0 Å². The number of carbonyl (C=O) groups excluding carboxylic acids is 1. The number of nitrogens with zero attached hydrogens (tertiary/aromatic N) is 3. The minimum atomic E-state index is -0.357. The first-order valence-electron chi connectivity index (χ1n) is 6.74. The number of benzene rings is 1. The lowest BCUT2D eigenvalue weighted by molar-refractivity contribution is -0.117. The van der Waals surface area contributed by atoms with Crippen LogP contribution in [-0.4, -0.2) is 25.9 Å². The van der Waals surface area contributed by atoms with Crippen LogP contribution in [0.3, 0.4) is 0 Å². The Labute approximate surface area is 138 Å². The van der Waals surface area contributed by atoms with Crippen molar-refractivity contribution in [3.05, 3.63) is 35.1 Å². The van der Waals surface area contributed by atoms with Gasteiger partial charge in [0.05, 0.1) is 10.3 Å². The topological polar surface area (TPSA) is 83.0 Å². The van der Waals surface area contributed by atoms with Gasteiger partial charge >= 0.3 is 0 Å². The Hall–Kier alpha value is -1.73. The molecular weight excluding hydrogens is 324 g/mol. The number of ether oxygens (including phenoxy) is 1. The van der Waals surface area contributed by atoms with Crippen molar-refractivity contribution in [1.29, 1.82) is 0 Å². The van der Waals surface area contributed by atoms with Crippen LogP contribution in [0.4, 0.5) is 0 Å². The second-order valence-corrected chi connectivity index (χ2v) is 6.17. The van der Waals surface area contributed by atoms with Crippen LogP contribution in [0, 0.1) is 0 Å². The van der Waals surface area contributed by atoms with Crippen LogP contribution in [0.15, 0.2) is 29.4 Å². The van der Waals surface area contributed by atoms with Gasteiger partial charge in [-0.15, -0.1) is 10.2 Å². The van der Waals surface area contributed by atoms with E-state index in [9.17, 15) is 4.79 Å². The molecule has 0 spiro atoms. The summed E-state index contributed by atoms with van der Waals surface area (Å²) in [5.41, 5.74) is 5.35. The molecule has 1 amide bonds. The number of halogens is 1. The van der Waals surface area contributed by atoms with Gasteiger partial charge in [-0.05, 0) is 18.6 Å². The minimum absolute atomic E-state index is 0.237. The summed E-state index contributed by atoms with van der Waals surface area (Å²) in [7, 11) is 1.82. The number of nitrogens with two attached hydrogens (primary N) is 1. The van der Waals surface area contributed by atoms with Crippen molar-refractivity contribution in [3.63, 3.8) is 0 Å². The van der Waals surface area contributed by atoms with E-state index in [1.807, 2.05) is 26.1 Å². The Balaban J connectivity index is 2.05. The van der Waals surface area contributed by atoms with Crippen molar-refractivity contribution in [2.45, 2.75) is 30.4 Å². The van der Waals surface area contributed by atoms with Crippen LogP contribution in [0.5, 0.6) is 5.75 Å². The van der Waals surface area contributed by atoms with Gasteiger partial charge in [-0.3, -0.25) is 4.79 Å². The van der Waals surface area contributed by atoms with E-state index in [0.717, 1.165) is 0 Å². The first-order valence-corrected chi connectivity index (χ1v) is 8.00. The Morgan fingerprint density at radius 2 is 2.18 bits per heavy atom. The average molecular weight is 341 g/mol. The van der Waals surface area contributed by atoms with E-state index >= 15 is 0 Å². The normalized spacial score (nSPS) is 12.1. The largest absolute Gasteiger partial charge is 0.484 e. The van der Waals surface area contributed by atoms with Crippen LogP contribution in [0.25, 0.3) is 0 Å². The molecule has 0 aliphatic carbocycles. The van der Waals surface area contributed by atoms with E-state index in [-0.39, 0.29) is 17.8 Å². The molecule has 0 aliphatic heterocycles. The van der Waals surface area contributed by atoms with Crippen LogP contribution >= 0.6 is 23.4 Å². The maximum atomic E-state index is 11.3. The van der Waals surface area contributed by atoms with Crippen LogP contribution in [-0.2, 0) is 18.4 Å². The highest BCUT2D eigenvalue weighted by atomic mass is 35.5. The van der Waals surface area contributed by atoms with Crippen molar-refractivity contribution in [3.8, 4) is 5.75 Å². The summed E-state index contributed by atoms with van der Waals surface area (Å²) < 4.78 is 7.42. The monoisotopic (exact) mass is 340 g/mol. The van der Waals surface area contributed by atoms with E-state index < -0.39 is 0 Å². The summed E-state index contributed by atoms with van der Waals surface area (Å²) in [5, 5.41) is 9.00. The highest BCUT2D eigenvalue weighted by Gasteiger charge is 2.19. The van der Waals surface area contributed by atoms with E-state index in [1.165, 1.54) is 11.8 Å². The summed E-state index contributed by atoms with van der Waals surface area (Å²) in [6, 6.07) is 7.22. The number of hydrogen-bond donors (Lipinski definition) is 1. The zero-order chi connectivity index (χ0) is 16.1. The van der Waals surface area contributed by atoms with Crippen molar-refractivity contribution >= 4 is 29.3 Å². The molecule has 2 N–H and O–H groups in total. The molecule has 1 aromatic carbocycles. The van der Waals surface area contributed by atoms with Crippen LogP contribution in [0.1, 0.15) is 19.2 Å². The predicted molar refractivity (Wildman–Crippen MR) is 85.9 cm³/mol. The number of aromatic nitrogens is 3. The molecule has 2 aromatic rings. The van der Waals surface area contributed by atoms with Gasteiger partial charge in [0, 0.05) is 7.05 Å². The molecule has 8 heteroatoms. The smallest absolute Gasteiger partial charge is 0.231 e. The highest BCUT2D eigenvalue weighted by Crippen LogP contribution is 2.26. The molecule has 1 atom stereocenters. The summed E-state index contributed by atoms with van der Waals surface area (Å²) in [6.45, 7) is 2.14. The van der Waals surface area contributed by atoms with Gasteiger partial charge in [0.1, 0.15) is 12.4 Å². The molecule has 2 rings (SSSR count). The van der Waals surface area contributed by atoms with E-state index in [0.29, 0.717) is 28.2 Å². The molecule has 0 unspecified atom stereocenters. The second-order valence-electron chi connectivity index (χ2n) is 4.59. The SMILES string of the molecule is CC[C@@H](Sc1nnc(COc2ccccc2Cl)n1C)C(N)=O. The van der Waals surface area contributed by atoms with Gasteiger partial charge in [0.25, 0.3) is 0 Å². The fourth-order valence-corrected chi connectivity index (χ4v) is 2.83. The Morgan fingerprint density at radius 1 is 1.45 bits per heavy atom. The molecule has 22 heavy (non-hydrogen) atoms. The predicted octanol–water partition coefficient (Wildman–Crippen LogP) is 2.40. The Morgan fingerprint density at radius 3 is 2.82 bits per heavy atom. The third-order valence-electron chi connectivity index (χ3n) is 3.05. The van der Waals surface area contributed by atoms with Crippen LogP contribution in [0.2, 0.25) is 5.02 Å². The molecule has 0 saturated heterocycles. The Bertz CT molecular complexity index is 662. The minimum Gasteiger partial charge on any atom is -0.484 e. The lowest BCUT2D eigenvalue weighted by atomic mass is 10.3.